The van der Waals surface area contributed by atoms with E-state index >= 15 is 0 Å². The van der Waals surface area contributed by atoms with E-state index in [2.05, 4.69) is 43.4 Å². The zero-order valence-electron chi connectivity index (χ0n) is 10.9. The van der Waals surface area contributed by atoms with E-state index in [1.165, 1.54) is 24.0 Å². The normalized spacial score (nSPS) is 28.5. The van der Waals surface area contributed by atoms with E-state index in [0.717, 1.165) is 13.0 Å². The molecule has 1 saturated carbocycles. The molecule has 1 aromatic carbocycles. The Morgan fingerprint density at radius 2 is 2.06 bits per heavy atom. The summed E-state index contributed by atoms with van der Waals surface area (Å²) in [6.45, 7) is 5.49. The summed E-state index contributed by atoms with van der Waals surface area (Å²) in [6, 6.07) is 9.10. The maximum Gasteiger partial charge on any atom is 0.0499 e. The Hall–Kier alpha value is -0.860. The maximum atomic E-state index is 9.49. The SMILES string of the molecule is Cc1ccc(CNC2CCCC2(C)CO)cc1. The zero-order chi connectivity index (χ0) is 12.3. The molecule has 0 aliphatic heterocycles. The van der Waals surface area contributed by atoms with Crippen LogP contribution in [0.3, 0.4) is 0 Å². The first kappa shape index (κ1) is 12.6. The average molecular weight is 233 g/mol. The van der Waals surface area contributed by atoms with E-state index in [1.54, 1.807) is 0 Å². The van der Waals surface area contributed by atoms with Gasteiger partial charge in [0.05, 0.1) is 0 Å². The lowest BCUT2D eigenvalue weighted by molar-refractivity contribution is 0.118. The van der Waals surface area contributed by atoms with Crippen molar-refractivity contribution in [1.82, 2.24) is 5.32 Å². The number of hydrogen-bond donors (Lipinski definition) is 2. The molecule has 0 radical (unpaired) electrons. The third-order valence-corrected chi connectivity index (χ3v) is 4.12. The van der Waals surface area contributed by atoms with Crippen LogP contribution in [0.15, 0.2) is 24.3 Å². The van der Waals surface area contributed by atoms with Crippen LogP contribution in [-0.2, 0) is 6.54 Å². The number of benzene rings is 1. The van der Waals surface area contributed by atoms with Gasteiger partial charge < -0.3 is 10.4 Å². The lowest BCUT2D eigenvalue weighted by Gasteiger charge is -2.30. The molecule has 1 aromatic rings. The molecular formula is C15H23NO. The summed E-state index contributed by atoms with van der Waals surface area (Å²) in [7, 11) is 0. The van der Waals surface area contributed by atoms with Crippen molar-refractivity contribution in [2.45, 2.75) is 45.7 Å². The minimum absolute atomic E-state index is 0.0741. The highest BCUT2D eigenvalue weighted by atomic mass is 16.3. The topological polar surface area (TPSA) is 32.3 Å². The molecule has 0 bridgehead atoms. The van der Waals surface area contributed by atoms with Crippen LogP contribution in [0.1, 0.15) is 37.3 Å². The van der Waals surface area contributed by atoms with Crippen molar-refractivity contribution in [1.29, 1.82) is 0 Å². The van der Waals surface area contributed by atoms with Crippen molar-refractivity contribution in [2.24, 2.45) is 5.41 Å². The van der Waals surface area contributed by atoms with Crippen LogP contribution in [0.4, 0.5) is 0 Å². The molecular weight excluding hydrogens is 210 g/mol. The van der Waals surface area contributed by atoms with Crippen LogP contribution >= 0.6 is 0 Å². The van der Waals surface area contributed by atoms with Gasteiger partial charge in [0.1, 0.15) is 0 Å². The second kappa shape index (κ2) is 5.19. The number of hydrogen-bond acceptors (Lipinski definition) is 2. The van der Waals surface area contributed by atoms with Gasteiger partial charge >= 0.3 is 0 Å². The molecule has 1 aliphatic carbocycles. The number of nitrogens with one attached hydrogen (secondary N) is 1. The Morgan fingerprint density at radius 1 is 1.35 bits per heavy atom. The molecule has 0 spiro atoms. The van der Waals surface area contributed by atoms with Gasteiger partial charge in [-0.3, -0.25) is 0 Å². The van der Waals surface area contributed by atoms with Crippen molar-refractivity contribution < 1.29 is 5.11 Å². The monoisotopic (exact) mass is 233 g/mol. The molecule has 0 amide bonds. The van der Waals surface area contributed by atoms with Crippen molar-refractivity contribution in [3.05, 3.63) is 35.4 Å². The van der Waals surface area contributed by atoms with Crippen LogP contribution in [0.2, 0.25) is 0 Å². The first-order valence-corrected chi connectivity index (χ1v) is 6.54. The Kier molecular flexibility index (Phi) is 3.85. The minimum Gasteiger partial charge on any atom is -0.396 e. The second-order valence-corrected chi connectivity index (χ2v) is 5.62. The van der Waals surface area contributed by atoms with Gasteiger partial charge in [-0.2, -0.15) is 0 Å². The van der Waals surface area contributed by atoms with Gasteiger partial charge in [-0.05, 0) is 25.3 Å². The van der Waals surface area contributed by atoms with Gasteiger partial charge in [0.2, 0.25) is 0 Å². The van der Waals surface area contributed by atoms with E-state index in [1.807, 2.05) is 0 Å². The number of aliphatic hydroxyl groups excluding tert-OH is 1. The predicted molar refractivity (Wildman–Crippen MR) is 70.9 cm³/mol. The highest BCUT2D eigenvalue weighted by molar-refractivity contribution is 5.21. The molecule has 1 aliphatic rings. The van der Waals surface area contributed by atoms with E-state index in [-0.39, 0.29) is 5.41 Å². The molecule has 2 unspecified atom stereocenters. The lowest BCUT2D eigenvalue weighted by Crippen LogP contribution is -2.41. The summed E-state index contributed by atoms with van der Waals surface area (Å²) < 4.78 is 0. The summed E-state index contributed by atoms with van der Waals surface area (Å²) in [4.78, 5) is 0. The van der Waals surface area contributed by atoms with E-state index in [0.29, 0.717) is 12.6 Å². The Bertz CT molecular complexity index is 360. The molecule has 2 heteroatoms. The molecule has 0 heterocycles. The fraction of sp³-hybridized carbons (Fsp3) is 0.600. The highest BCUT2D eigenvalue weighted by Gasteiger charge is 2.37. The van der Waals surface area contributed by atoms with Crippen LogP contribution < -0.4 is 5.32 Å². The van der Waals surface area contributed by atoms with Crippen LogP contribution in [0.25, 0.3) is 0 Å². The first-order valence-electron chi connectivity index (χ1n) is 6.54. The van der Waals surface area contributed by atoms with E-state index in [4.69, 9.17) is 0 Å². The fourth-order valence-electron chi connectivity index (χ4n) is 2.72. The minimum atomic E-state index is 0.0741. The standard InChI is InChI=1S/C15H23NO/c1-12-5-7-13(8-6-12)10-16-14-4-3-9-15(14,2)11-17/h5-8,14,16-17H,3-4,9-11H2,1-2H3. The van der Waals surface area contributed by atoms with Crippen LogP contribution in [0.5, 0.6) is 0 Å². The van der Waals surface area contributed by atoms with Gasteiger partial charge in [-0.25, -0.2) is 0 Å². The molecule has 2 atom stereocenters. The molecule has 2 nitrogen and oxygen atoms in total. The largest absolute Gasteiger partial charge is 0.396 e. The first-order chi connectivity index (χ1) is 8.14. The molecule has 0 aromatic heterocycles. The van der Waals surface area contributed by atoms with Crippen LogP contribution in [-0.4, -0.2) is 17.8 Å². The van der Waals surface area contributed by atoms with Crippen molar-refractivity contribution in [2.75, 3.05) is 6.61 Å². The van der Waals surface area contributed by atoms with Crippen molar-refractivity contribution >= 4 is 0 Å². The summed E-state index contributed by atoms with van der Waals surface area (Å²) in [6.07, 6.45) is 3.54. The molecule has 1 fully saturated rings. The number of aryl methyl sites for hydroxylation is 1. The summed E-state index contributed by atoms with van der Waals surface area (Å²) in [5, 5.41) is 13.1. The zero-order valence-corrected chi connectivity index (χ0v) is 10.9. The summed E-state index contributed by atoms with van der Waals surface area (Å²) in [5.41, 5.74) is 2.70. The Balaban J connectivity index is 1.92. The predicted octanol–water partition coefficient (Wildman–Crippen LogP) is 2.64. The highest BCUT2D eigenvalue weighted by Crippen LogP contribution is 2.37. The third-order valence-electron chi connectivity index (χ3n) is 4.12. The van der Waals surface area contributed by atoms with E-state index in [9.17, 15) is 5.11 Å². The lowest BCUT2D eigenvalue weighted by atomic mass is 9.86. The number of aliphatic hydroxyl groups is 1. The van der Waals surface area contributed by atoms with Gasteiger partial charge in [-0.1, -0.05) is 43.2 Å². The molecule has 94 valence electrons. The Morgan fingerprint density at radius 3 is 2.71 bits per heavy atom. The Labute approximate surface area is 104 Å². The molecule has 2 rings (SSSR count). The van der Waals surface area contributed by atoms with Gasteiger partial charge in [0, 0.05) is 24.6 Å². The maximum absolute atomic E-state index is 9.49. The summed E-state index contributed by atoms with van der Waals surface area (Å²) >= 11 is 0. The fourth-order valence-corrected chi connectivity index (χ4v) is 2.72. The quantitative estimate of drug-likeness (QED) is 0.838. The molecule has 2 N–H and O–H groups in total. The van der Waals surface area contributed by atoms with Crippen molar-refractivity contribution in [3.8, 4) is 0 Å². The van der Waals surface area contributed by atoms with Gasteiger partial charge in [0.25, 0.3) is 0 Å². The van der Waals surface area contributed by atoms with E-state index < -0.39 is 0 Å². The molecule has 0 saturated heterocycles. The third kappa shape index (κ3) is 2.88. The number of rotatable bonds is 4. The summed E-state index contributed by atoms with van der Waals surface area (Å²) in [5.74, 6) is 0. The molecule has 17 heavy (non-hydrogen) atoms. The smallest absolute Gasteiger partial charge is 0.0499 e. The van der Waals surface area contributed by atoms with Crippen molar-refractivity contribution in [3.63, 3.8) is 0 Å². The van der Waals surface area contributed by atoms with Gasteiger partial charge in [-0.15, -0.1) is 0 Å². The van der Waals surface area contributed by atoms with Crippen LogP contribution in [0, 0.1) is 12.3 Å². The average Bonchev–Trinajstić information content (AvgIpc) is 2.71. The second-order valence-electron chi connectivity index (χ2n) is 5.62. The van der Waals surface area contributed by atoms with Gasteiger partial charge in [0.15, 0.2) is 0 Å².